The summed E-state index contributed by atoms with van der Waals surface area (Å²) < 4.78 is 0. The van der Waals surface area contributed by atoms with Gasteiger partial charge in [-0.05, 0) is 30.4 Å². The van der Waals surface area contributed by atoms with Gasteiger partial charge in [-0.1, -0.05) is 30.3 Å². The molecule has 4 rings (SSSR count). The minimum atomic E-state index is 0.439. The van der Waals surface area contributed by atoms with Crippen LogP contribution in [0.25, 0.3) is 10.2 Å². The monoisotopic (exact) mass is 338 g/mol. The van der Waals surface area contributed by atoms with Gasteiger partial charge in [0.05, 0.1) is 5.39 Å². The highest BCUT2D eigenvalue weighted by molar-refractivity contribution is 7.16. The Bertz CT molecular complexity index is 801. The largest absolute Gasteiger partial charge is 0.352 e. The van der Waals surface area contributed by atoms with E-state index in [2.05, 4.69) is 68.5 Å². The molecule has 0 saturated carbocycles. The Morgan fingerprint density at radius 3 is 2.88 bits per heavy atom. The second-order valence-corrected chi connectivity index (χ2v) is 7.35. The smallest absolute Gasteiger partial charge is 0.141 e. The van der Waals surface area contributed by atoms with Crippen molar-refractivity contribution in [2.75, 3.05) is 24.5 Å². The van der Waals surface area contributed by atoms with E-state index >= 15 is 0 Å². The summed E-state index contributed by atoms with van der Waals surface area (Å²) >= 11 is 1.69. The Morgan fingerprint density at radius 2 is 2.00 bits per heavy atom. The van der Waals surface area contributed by atoms with Gasteiger partial charge in [-0.15, -0.1) is 11.3 Å². The summed E-state index contributed by atoms with van der Waals surface area (Å²) in [7, 11) is 0. The molecule has 1 aromatic carbocycles. The molecule has 4 nitrogen and oxygen atoms in total. The van der Waals surface area contributed by atoms with Gasteiger partial charge in [0.1, 0.15) is 17.0 Å². The number of thiophene rings is 1. The highest BCUT2D eigenvalue weighted by Crippen LogP contribution is 2.29. The lowest BCUT2D eigenvalue weighted by Crippen LogP contribution is -2.39. The highest BCUT2D eigenvalue weighted by Gasteiger charge is 2.24. The maximum atomic E-state index is 4.61. The van der Waals surface area contributed by atoms with Crippen LogP contribution in [0.1, 0.15) is 18.9 Å². The van der Waals surface area contributed by atoms with Crippen molar-refractivity contribution in [2.45, 2.75) is 25.9 Å². The van der Waals surface area contributed by atoms with Crippen molar-refractivity contribution in [3.8, 4) is 0 Å². The molecule has 1 saturated heterocycles. The molecule has 2 aromatic heterocycles. The number of anilines is 1. The Balaban J connectivity index is 1.54. The lowest BCUT2D eigenvalue weighted by molar-refractivity contribution is 0.268. The van der Waals surface area contributed by atoms with Crippen LogP contribution < -0.4 is 4.90 Å². The van der Waals surface area contributed by atoms with E-state index in [4.69, 9.17) is 0 Å². The summed E-state index contributed by atoms with van der Waals surface area (Å²) in [6, 6.07) is 13.3. The molecular weight excluding hydrogens is 316 g/mol. The van der Waals surface area contributed by atoms with Gasteiger partial charge in [0, 0.05) is 32.2 Å². The number of rotatable bonds is 3. The number of hydrogen-bond acceptors (Lipinski definition) is 5. The molecule has 0 aliphatic carbocycles. The summed E-state index contributed by atoms with van der Waals surface area (Å²) in [6.07, 6.45) is 2.86. The van der Waals surface area contributed by atoms with Gasteiger partial charge in [0.15, 0.2) is 0 Å². The van der Waals surface area contributed by atoms with Gasteiger partial charge in [-0.3, -0.25) is 4.90 Å². The third kappa shape index (κ3) is 3.14. The van der Waals surface area contributed by atoms with E-state index in [9.17, 15) is 0 Å². The number of benzene rings is 1. The van der Waals surface area contributed by atoms with E-state index in [-0.39, 0.29) is 0 Å². The summed E-state index contributed by atoms with van der Waals surface area (Å²) in [6.45, 7) is 6.58. The SMILES string of the molecule is CC1CN(Cc2ccccc2)CCCN1c1ncnc2sccc12. The van der Waals surface area contributed by atoms with Crippen molar-refractivity contribution >= 4 is 27.4 Å². The first-order chi connectivity index (χ1) is 11.8. The van der Waals surface area contributed by atoms with Crippen molar-refractivity contribution < 1.29 is 0 Å². The maximum Gasteiger partial charge on any atom is 0.141 e. The molecule has 0 bridgehead atoms. The highest BCUT2D eigenvalue weighted by atomic mass is 32.1. The molecule has 1 fully saturated rings. The third-order valence-electron chi connectivity index (χ3n) is 4.69. The predicted octanol–water partition coefficient (Wildman–Crippen LogP) is 3.79. The van der Waals surface area contributed by atoms with Crippen LogP contribution in [0.4, 0.5) is 5.82 Å². The van der Waals surface area contributed by atoms with Gasteiger partial charge < -0.3 is 4.90 Å². The summed E-state index contributed by atoms with van der Waals surface area (Å²) in [5.41, 5.74) is 1.39. The molecule has 1 aliphatic heterocycles. The van der Waals surface area contributed by atoms with E-state index in [1.807, 2.05) is 0 Å². The van der Waals surface area contributed by atoms with Crippen molar-refractivity contribution in [2.24, 2.45) is 0 Å². The summed E-state index contributed by atoms with van der Waals surface area (Å²) in [5.74, 6) is 1.09. The Morgan fingerprint density at radius 1 is 1.12 bits per heavy atom. The topological polar surface area (TPSA) is 32.3 Å². The fraction of sp³-hybridized carbons (Fsp3) is 0.368. The van der Waals surface area contributed by atoms with Crippen LogP contribution in [0.2, 0.25) is 0 Å². The fourth-order valence-electron chi connectivity index (χ4n) is 3.55. The zero-order valence-corrected chi connectivity index (χ0v) is 14.7. The van der Waals surface area contributed by atoms with Crippen molar-refractivity contribution in [1.82, 2.24) is 14.9 Å². The average molecular weight is 338 g/mol. The Hall–Kier alpha value is -1.98. The number of fused-ring (bicyclic) bond motifs is 1. The second-order valence-electron chi connectivity index (χ2n) is 6.45. The molecule has 124 valence electrons. The van der Waals surface area contributed by atoms with Crippen LogP contribution in [-0.2, 0) is 6.54 Å². The first-order valence-corrected chi connectivity index (χ1v) is 9.40. The molecule has 0 amide bonds. The molecule has 1 aliphatic rings. The summed E-state index contributed by atoms with van der Waals surface area (Å²) in [4.78, 5) is 15.1. The van der Waals surface area contributed by atoms with Crippen LogP contribution >= 0.6 is 11.3 Å². The fourth-order valence-corrected chi connectivity index (χ4v) is 4.28. The zero-order chi connectivity index (χ0) is 16.4. The van der Waals surface area contributed by atoms with E-state index in [0.717, 1.165) is 43.2 Å². The molecule has 3 aromatic rings. The van der Waals surface area contributed by atoms with Crippen LogP contribution in [0.15, 0.2) is 48.1 Å². The molecule has 1 atom stereocenters. The lowest BCUT2D eigenvalue weighted by Gasteiger charge is -2.30. The first kappa shape index (κ1) is 15.5. The maximum absolute atomic E-state index is 4.61. The standard InChI is InChI=1S/C19H22N4S/c1-15-12-22(13-16-6-3-2-4-7-16)9-5-10-23(15)18-17-8-11-24-19(17)21-14-20-18/h2-4,6-8,11,14-15H,5,9-10,12-13H2,1H3. The van der Waals surface area contributed by atoms with E-state index < -0.39 is 0 Å². The van der Waals surface area contributed by atoms with Gasteiger partial charge >= 0.3 is 0 Å². The van der Waals surface area contributed by atoms with Crippen molar-refractivity contribution in [1.29, 1.82) is 0 Å². The molecule has 1 unspecified atom stereocenters. The molecule has 3 heterocycles. The van der Waals surface area contributed by atoms with Crippen molar-refractivity contribution in [3.05, 3.63) is 53.7 Å². The van der Waals surface area contributed by atoms with Crippen LogP contribution in [0.3, 0.4) is 0 Å². The quantitative estimate of drug-likeness (QED) is 0.727. The summed E-state index contributed by atoms with van der Waals surface area (Å²) in [5, 5.41) is 3.29. The minimum Gasteiger partial charge on any atom is -0.352 e. The second kappa shape index (κ2) is 6.87. The van der Waals surface area contributed by atoms with E-state index in [1.165, 1.54) is 10.9 Å². The van der Waals surface area contributed by atoms with Crippen LogP contribution in [0, 0.1) is 0 Å². The number of hydrogen-bond donors (Lipinski definition) is 0. The number of nitrogens with zero attached hydrogens (tertiary/aromatic N) is 4. The van der Waals surface area contributed by atoms with Gasteiger partial charge in [0.25, 0.3) is 0 Å². The van der Waals surface area contributed by atoms with Gasteiger partial charge in [-0.25, -0.2) is 9.97 Å². The van der Waals surface area contributed by atoms with E-state index in [1.54, 1.807) is 17.7 Å². The molecule has 0 radical (unpaired) electrons. The zero-order valence-electron chi connectivity index (χ0n) is 13.9. The third-order valence-corrected chi connectivity index (χ3v) is 5.51. The van der Waals surface area contributed by atoms with E-state index in [0.29, 0.717) is 6.04 Å². The Kier molecular flexibility index (Phi) is 4.45. The van der Waals surface area contributed by atoms with Gasteiger partial charge in [0.2, 0.25) is 0 Å². The van der Waals surface area contributed by atoms with Crippen LogP contribution in [-0.4, -0.2) is 40.5 Å². The number of aromatic nitrogens is 2. The minimum absolute atomic E-state index is 0.439. The predicted molar refractivity (Wildman–Crippen MR) is 101 cm³/mol. The van der Waals surface area contributed by atoms with Gasteiger partial charge in [-0.2, -0.15) is 0 Å². The lowest BCUT2D eigenvalue weighted by atomic mass is 10.2. The first-order valence-electron chi connectivity index (χ1n) is 8.52. The molecule has 5 heteroatoms. The molecular formula is C19H22N4S. The van der Waals surface area contributed by atoms with Crippen LogP contribution in [0.5, 0.6) is 0 Å². The van der Waals surface area contributed by atoms with Crippen molar-refractivity contribution in [3.63, 3.8) is 0 Å². The average Bonchev–Trinajstić information content (AvgIpc) is 3.01. The normalized spacial score (nSPS) is 19.5. The Labute approximate surface area is 146 Å². The molecule has 24 heavy (non-hydrogen) atoms. The molecule has 0 N–H and O–H groups in total. The molecule has 0 spiro atoms.